The quantitative estimate of drug-likeness (QED) is 0.747. The first-order chi connectivity index (χ1) is 12.3. The largest absolute Gasteiger partial charge is 0.352 e. The minimum absolute atomic E-state index is 0.0737. The molecule has 0 unspecified atom stereocenters. The lowest BCUT2D eigenvalue weighted by atomic mass is 10.1. The standard InChI is InChI=1S/C19H23ClN2O3S/c1-15(12-13-16-8-4-3-5-9-16)21-19(23)14-22(26(2,24)25)18-11-7-6-10-17(18)20/h3-11,15H,12-14H2,1-2H3,(H,21,23)/t15-/m0/s1. The van der Waals surface area contributed by atoms with Gasteiger partial charge in [0, 0.05) is 6.04 Å². The highest BCUT2D eigenvalue weighted by molar-refractivity contribution is 7.92. The van der Waals surface area contributed by atoms with Crippen LogP contribution >= 0.6 is 11.6 Å². The molecule has 0 fully saturated rings. The molecule has 7 heteroatoms. The van der Waals surface area contributed by atoms with Crippen LogP contribution in [0.15, 0.2) is 54.6 Å². The second kappa shape index (κ2) is 9.05. The average Bonchev–Trinajstić information content (AvgIpc) is 2.59. The van der Waals surface area contributed by atoms with E-state index in [0.717, 1.165) is 23.4 Å². The second-order valence-electron chi connectivity index (χ2n) is 6.21. The Morgan fingerprint density at radius 2 is 1.73 bits per heavy atom. The fraction of sp³-hybridized carbons (Fsp3) is 0.316. The van der Waals surface area contributed by atoms with Crippen molar-refractivity contribution in [3.63, 3.8) is 0 Å². The van der Waals surface area contributed by atoms with Crippen molar-refractivity contribution in [1.29, 1.82) is 0 Å². The van der Waals surface area contributed by atoms with Crippen LogP contribution in [-0.4, -0.2) is 33.2 Å². The molecule has 0 aromatic heterocycles. The highest BCUT2D eigenvalue weighted by Crippen LogP contribution is 2.26. The van der Waals surface area contributed by atoms with Crippen molar-refractivity contribution in [2.45, 2.75) is 25.8 Å². The number of benzene rings is 2. The van der Waals surface area contributed by atoms with E-state index >= 15 is 0 Å². The van der Waals surface area contributed by atoms with Crippen LogP contribution in [0, 0.1) is 0 Å². The van der Waals surface area contributed by atoms with Crippen molar-refractivity contribution in [1.82, 2.24) is 5.32 Å². The number of carbonyl (C=O) groups excluding carboxylic acids is 1. The number of aryl methyl sites for hydroxylation is 1. The van der Waals surface area contributed by atoms with Crippen LogP contribution in [0.5, 0.6) is 0 Å². The van der Waals surface area contributed by atoms with E-state index in [2.05, 4.69) is 5.32 Å². The smallest absolute Gasteiger partial charge is 0.240 e. The maximum Gasteiger partial charge on any atom is 0.240 e. The Hall–Kier alpha value is -2.05. The lowest BCUT2D eigenvalue weighted by molar-refractivity contribution is -0.120. The van der Waals surface area contributed by atoms with Crippen molar-refractivity contribution < 1.29 is 13.2 Å². The van der Waals surface area contributed by atoms with E-state index < -0.39 is 10.0 Å². The Balaban J connectivity index is 1.98. The van der Waals surface area contributed by atoms with Gasteiger partial charge in [-0.15, -0.1) is 0 Å². The number of hydrogen-bond acceptors (Lipinski definition) is 3. The second-order valence-corrected chi connectivity index (χ2v) is 8.53. The Kier molecular flexibility index (Phi) is 7.06. The lowest BCUT2D eigenvalue weighted by Gasteiger charge is -2.24. The summed E-state index contributed by atoms with van der Waals surface area (Å²) < 4.78 is 25.2. The maximum atomic E-state index is 12.3. The summed E-state index contributed by atoms with van der Waals surface area (Å²) in [7, 11) is -3.64. The summed E-state index contributed by atoms with van der Waals surface area (Å²) in [6, 6.07) is 16.5. The van der Waals surface area contributed by atoms with Gasteiger partial charge in [-0.05, 0) is 37.5 Å². The first kappa shape index (κ1) is 20.3. The Bertz CT molecular complexity index is 841. The third-order valence-corrected chi connectivity index (χ3v) is 5.37. The number of amides is 1. The molecule has 2 aromatic carbocycles. The van der Waals surface area contributed by atoms with Gasteiger partial charge < -0.3 is 5.32 Å². The van der Waals surface area contributed by atoms with Crippen LogP contribution in [0.4, 0.5) is 5.69 Å². The highest BCUT2D eigenvalue weighted by Gasteiger charge is 2.23. The van der Waals surface area contributed by atoms with Crippen LogP contribution in [0.3, 0.4) is 0 Å². The molecule has 0 radical (unpaired) electrons. The molecule has 2 rings (SSSR count). The number of carbonyl (C=O) groups is 1. The number of rotatable bonds is 8. The van der Waals surface area contributed by atoms with E-state index in [1.54, 1.807) is 24.3 Å². The molecule has 1 N–H and O–H groups in total. The number of hydrogen-bond donors (Lipinski definition) is 1. The number of nitrogens with one attached hydrogen (secondary N) is 1. The molecule has 0 spiro atoms. The van der Waals surface area contributed by atoms with Crippen LogP contribution < -0.4 is 9.62 Å². The molecule has 140 valence electrons. The third kappa shape index (κ3) is 6.04. The molecule has 0 aliphatic heterocycles. The summed E-state index contributed by atoms with van der Waals surface area (Å²) in [4.78, 5) is 12.3. The molecule has 5 nitrogen and oxygen atoms in total. The number of sulfonamides is 1. The zero-order valence-electron chi connectivity index (χ0n) is 14.9. The van der Waals surface area contributed by atoms with Gasteiger partial charge in [0.1, 0.15) is 6.54 Å². The van der Waals surface area contributed by atoms with Gasteiger partial charge in [0.2, 0.25) is 15.9 Å². The van der Waals surface area contributed by atoms with E-state index in [4.69, 9.17) is 11.6 Å². The minimum atomic E-state index is -3.64. The molecule has 0 aliphatic carbocycles. The molecule has 0 aliphatic rings. The monoisotopic (exact) mass is 394 g/mol. The first-order valence-electron chi connectivity index (χ1n) is 8.33. The Labute approximate surface area is 160 Å². The van der Waals surface area contributed by atoms with Gasteiger partial charge in [-0.2, -0.15) is 0 Å². The molecular weight excluding hydrogens is 372 g/mol. The zero-order chi connectivity index (χ0) is 19.2. The molecule has 1 amide bonds. The fourth-order valence-electron chi connectivity index (χ4n) is 2.59. The van der Waals surface area contributed by atoms with Crippen molar-refractivity contribution in [2.75, 3.05) is 17.1 Å². The Morgan fingerprint density at radius 1 is 1.12 bits per heavy atom. The molecule has 2 aromatic rings. The molecule has 0 saturated carbocycles. The molecule has 0 heterocycles. The van der Waals surface area contributed by atoms with Gasteiger partial charge in [-0.25, -0.2) is 8.42 Å². The first-order valence-corrected chi connectivity index (χ1v) is 10.6. The fourth-order valence-corrected chi connectivity index (χ4v) is 3.74. The highest BCUT2D eigenvalue weighted by atomic mass is 35.5. The van der Waals surface area contributed by atoms with Crippen LogP contribution in [0.25, 0.3) is 0 Å². The predicted molar refractivity (Wildman–Crippen MR) is 106 cm³/mol. The van der Waals surface area contributed by atoms with E-state index in [9.17, 15) is 13.2 Å². The Morgan fingerprint density at radius 3 is 2.35 bits per heavy atom. The van der Waals surface area contributed by atoms with Gasteiger partial charge >= 0.3 is 0 Å². The van der Waals surface area contributed by atoms with Gasteiger partial charge in [0.15, 0.2) is 0 Å². The minimum Gasteiger partial charge on any atom is -0.352 e. The molecule has 0 bridgehead atoms. The normalized spacial score (nSPS) is 12.4. The van der Waals surface area contributed by atoms with Crippen molar-refractivity contribution in [3.05, 3.63) is 65.2 Å². The van der Waals surface area contributed by atoms with E-state index in [-0.39, 0.29) is 23.5 Å². The van der Waals surface area contributed by atoms with Crippen LogP contribution in [0.2, 0.25) is 5.02 Å². The van der Waals surface area contributed by atoms with E-state index in [1.165, 1.54) is 5.56 Å². The molecular formula is C19H23ClN2O3S. The summed E-state index contributed by atoms with van der Waals surface area (Å²) in [6.07, 6.45) is 2.66. The van der Waals surface area contributed by atoms with Gasteiger partial charge in [-0.1, -0.05) is 54.1 Å². The molecule has 26 heavy (non-hydrogen) atoms. The molecule has 1 atom stereocenters. The maximum absolute atomic E-state index is 12.3. The van der Waals surface area contributed by atoms with Crippen molar-refractivity contribution in [3.8, 4) is 0 Å². The van der Waals surface area contributed by atoms with Crippen LogP contribution in [-0.2, 0) is 21.2 Å². The summed E-state index contributed by atoms with van der Waals surface area (Å²) >= 11 is 6.09. The summed E-state index contributed by atoms with van der Waals surface area (Å²) in [5.74, 6) is -0.365. The predicted octanol–water partition coefficient (Wildman–Crippen LogP) is 3.24. The summed E-state index contributed by atoms with van der Waals surface area (Å²) in [5, 5.41) is 3.13. The number of nitrogens with zero attached hydrogens (tertiary/aromatic N) is 1. The topological polar surface area (TPSA) is 66.5 Å². The van der Waals surface area contributed by atoms with Gasteiger partial charge in [0.25, 0.3) is 0 Å². The van der Waals surface area contributed by atoms with E-state index in [1.807, 2.05) is 37.3 Å². The van der Waals surface area contributed by atoms with Crippen molar-refractivity contribution >= 4 is 33.2 Å². The SMILES string of the molecule is C[C@@H](CCc1ccccc1)NC(=O)CN(c1ccccc1Cl)S(C)(=O)=O. The van der Waals surface area contributed by atoms with Crippen LogP contribution in [0.1, 0.15) is 18.9 Å². The van der Waals surface area contributed by atoms with Crippen molar-refractivity contribution in [2.24, 2.45) is 0 Å². The van der Waals surface area contributed by atoms with Gasteiger partial charge in [-0.3, -0.25) is 9.10 Å². The molecule has 0 saturated heterocycles. The number of para-hydroxylation sites is 1. The summed E-state index contributed by atoms with van der Waals surface area (Å²) in [5.41, 5.74) is 1.49. The lowest BCUT2D eigenvalue weighted by Crippen LogP contribution is -2.43. The average molecular weight is 395 g/mol. The zero-order valence-corrected chi connectivity index (χ0v) is 16.4. The number of halogens is 1. The van der Waals surface area contributed by atoms with Gasteiger partial charge in [0.05, 0.1) is 17.0 Å². The number of anilines is 1. The third-order valence-electron chi connectivity index (χ3n) is 3.92. The van der Waals surface area contributed by atoms with E-state index in [0.29, 0.717) is 5.69 Å². The summed E-state index contributed by atoms with van der Waals surface area (Å²) in [6.45, 7) is 1.60.